The van der Waals surface area contributed by atoms with E-state index in [2.05, 4.69) is 0 Å². The molecule has 0 bridgehead atoms. The molecule has 6 atom stereocenters. The van der Waals surface area contributed by atoms with Gasteiger partial charge in [0.05, 0.1) is 138 Å². The summed E-state index contributed by atoms with van der Waals surface area (Å²) in [6.45, 7) is 15.0. The van der Waals surface area contributed by atoms with Crippen LogP contribution in [0.3, 0.4) is 0 Å². The lowest BCUT2D eigenvalue weighted by Crippen LogP contribution is -2.33. The van der Waals surface area contributed by atoms with Crippen LogP contribution in [-0.2, 0) is 71.1 Å². The van der Waals surface area contributed by atoms with Crippen molar-refractivity contribution in [2.75, 3.05) is 134 Å². The maximum Gasteiger partial charge on any atom is 0.338 e. The Morgan fingerprint density at radius 1 is 0.216 bits per heavy atom. The van der Waals surface area contributed by atoms with Gasteiger partial charge < -0.3 is 99.7 Å². The molecule has 0 fully saturated rings. The molecule has 10 N–H and O–H groups in total. The fraction of sp³-hybridized carbons (Fsp3) is 0.576. The standard InChI is InChI=1S/C39H53N3O12.C34H42N2O9.26CH4/c1-27(48-16-19-51-37(43)30-4-10-33(40)11-5-30)22-46-25-36(54-24-29(3)50-18-21-53-39(45)32-8-14-35(42)15-9-32)26-47-23-28(2)49-17-20-52-38(44)31-6-12-34(41)13-7-31;1-22-5-7-26(8-6-22)32(37)45-25(4)19-42-31(20-40-17-23(2)43-33(38)27-9-13-29(35)14-10-27)21-41-18-24(3)44-34(39)28-11-15-30(36)16-12-28;;;;;;;;;;;;;;;;;;;;;;;;;;/h4-15,27-29,36H,16-26,40-42H2,1-3H3;5-16,23-25,31H,17-21,35-36H2,1-4H3;26*1H4. The van der Waals surface area contributed by atoms with Gasteiger partial charge in [0, 0.05) is 28.4 Å². The molecule has 26 nitrogen and oxygen atoms in total. The molecule has 746 valence electrons. The van der Waals surface area contributed by atoms with Gasteiger partial charge in [-0.15, -0.1) is 0 Å². The summed E-state index contributed by atoms with van der Waals surface area (Å²) in [6.07, 6.45) is -3.56. The number of hydrogen-bond acceptors (Lipinski definition) is 26. The minimum absolute atomic E-state index is 0. The Morgan fingerprint density at radius 2 is 0.384 bits per heavy atom. The molecule has 0 heterocycles. The highest BCUT2D eigenvalue weighted by atomic mass is 16.6. The van der Waals surface area contributed by atoms with Gasteiger partial charge in [0.1, 0.15) is 50.3 Å². The Hall–Kier alpha value is -9.22. The molecule has 6 rings (SSSR count). The normalized spacial score (nSPS) is 10.7. The fourth-order valence-corrected chi connectivity index (χ4v) is 8.48. The number of esters is 6. The highest BCUT2D eigenvalue weighted by Gasteiger charge is 2.22. The second kappa shape index (κ2) is 97.0. The van der Waals surface area contributed by atoms with E-state index >= 15 is 0 Å². The van der Waals surface area contributed by atoms with Crippen LogP contribution in [0.2, 0.25) is 0 Å². The molecule has 0 saturated carbocycles. The van der Waals surface area contributed by atoms with Crippen molar-refractivity contribution in [1.29, 1.82) is 0 Å². The molecule has 0 spiro atoms. The van der Waals surface area contributed by atoms with Crippen molar-refractivity contribution in [3.8, 4) is 0 Å². The summed E-state index contributed by atoms with van der Waals surface area (Å²) in [4.78, 5) is 73.8. The topological polar surface area (TPSA) is 371 Å². The Morgan fingerprint density at radius 3 is 0.600 bits per heavy atom. The van der Waals surface area contributed by atoms with E-state index in [1.165, 1.54) is 0 Å². The highest BCUT2D eigenvalue weighted by Crippen LogP contribution is 2.15. The monoisotopic (exact) mass is 1790 g/mol. The first-order valence-electron chi connectivity index (χ1n) is 32.4. The Labute approximate surface area is 769 Å². The summed E-state index contributed by atoms with van der Waals surface area (Å²) in [5, 5.41) is 0. The van der Waals surface area contributed by atoms with Crippen LogP contribution in [0.25, 0.3) is 0 Å². The third-order valence-electron chi connectivity index (χ3n) is 13.9. The number of nitrogen functional groups attached to an aromatic ring is 5. The second-order valence-electron chi connectivity index (χ2n) is 23.1. The fourth-order valence-electron chi connectivity index (χ4n) is 8.48. The summed E-state index contributed by atoms with van der Waals surface area (Å²) in [6, 6.07) is 39.3. The third-order valence-corrected chi connectivity index (χ3v) is 13.9. The Balaban J connectivity index is -0.0000000709. The number of carbonyl (C=O) groups excluding carboxylic acids is 6. The molecule has 0 aliphatic carbocycles. The van der Waals surface area contributed by atoms with Crippen LogP contribution < -0.4 is 28.7 Å². The zero-order valence-corrected chi connectivity index (χ0v) is 57.2. The first kappa shape index (κ1) is 173. The minimum atomic E-state index is -0.564. The summed E-state index contributed by atoms with van der Waals surface area (Å²) in [5.41, 5.74) is 34.6. The number of ether oxygens (including phenoxy) is 15. The lowest BCUT2D eigenvalue weighted by Gasteiger charge is -2.23. The number of anilines is 5. The Bertz CT molecular complexity index is 3190. The number of hydrogen-bond donors (Lipinski definition) is 5. The molecule has 0 amide bonds. The summed E-state index contributed by atoms with van der Waals surface area (Å²) in [7, 11) is 0. The van der Waals surface area contributed by atoms with Crippen molar-refractivity contribution in [2.45, 2.75) is 290 Å². The Kier molecular flexibility index (Phi) is 135. The quantitative estimate of drug-likeness (QED) is 0.0103. The first-order chi connectivity index (χ1) is 47.5. The average molecular weight is 1800 g/mol. The lowest BCUT2D eigenvalue weighted by atomic mass is 10.1. The van der Waals surface area contributed by atoms with Gasteiger partial charge in [-0.3, -0.25) is 0 Å². The van der Waals surface area contributed by atoms with Crippen molar-refractivity contribution in [3.05, 3.63) is 185 Å². The van der Waals surface area contributed by atoms with E-state index in [9.17, 15) is 28.8 Å². The van der Waals surface area contributed by atoms with E-state index in [0.717, 1.165) is 5.56 Å². The smallest absolute Gasteiger partial charge is 0.338 e. The largest absolute Gasteiger partial charge is 0.460 e. The van der Waals surface area contributed by atoms with Crippen molar-refractivity contribution < 1.29 is 99.8 Å². The van der Waals surface area contributed by atoms with E-state index < -0.39 is 66.3 Å². The second-order valence-corrected chi connectivity index (χ2v) is 23.1. The molecule has 26 heteroatoms. The molecule has 125 heavy (non-hydrogen) atoms. The van der Waals surface area contributed by atoms with Gasteiger partial charge in [-0.05, 0) is 182 Å². The van der Waals surface area contributed by atoms with Gasteiger partial charge in [0.2, 0.25) is 0 Å². The maximum absolute atomic E-state index is 12.5. The van der Waals surface area contributed by atoms with Crippen LogP contribution in [0.4, 0.5) is 28.4 Å². The predicted octanol–water partition coefficient (Wildman–Crippen LogP) is 25.1. The van der Waals surface area contributed by atoms with E-state index in [1.807, 2.05) is 39.8 Å². The number of carbonyl (C=O) groups is 6. The van der Waals surface area contributed by atoms with E-state index in [1.54, 1.807) is 154 Å². The van der Waals surface area contributed by atoms with Gasteiger partial charge in [-0.2, -0.15) is 0 Å². The van der Waals surface area contributed by atoms with E-state index in [-0.39, 0.29) is 317 Å². The summed E-state index contributed by atoms with van der Waals surface area (Å²) < 4.78 is 84.8. The van der Waals surface area contributed by atoms with Crippen LogP contribution >= 0.6 is 0 Å². The molecule has 0 radical (unpaired) electrons. The number of aryl methyl sites for hydroxylation is 1. The van der Waals surface area contributed by atoms with Gasteiger partial charge in [0.25, 0.3) is 0 Å². The molecule has 6 aromatic carbocycles. The van der Waals surface area contributed by atoms with Crippen molar-refractivity contribution >= 4 is 64.3 Å². The molecular formula is C99H199N5O21. The highest BCUT2D eigenvalue weighted by molar-refractivity contribution is 5.92. The number of rotatable bonds is 43. The van der Waals surface area contributed by atoms with Gasteiger partial charge >= 0.3 is 35.8 Å². The van der Waals surface area contributed by atoms with E-state index in [4.69, 9.17) is 99.7 Å². The van der Waals surface area contributed by atoms with Crippen molar-refractivity contribution in [3.63, 3.8) is 0 Å². The van der Waals surface area contributed by atoms with Crippen LogP contribution in [0.5, 0.6) is 0 Å². The first-order valence-corrected chi connectivity index (χ1v) is 32.4. The van der Waals surface area contributed by atoms with Crippen LogP contribution in [0, 0.1) is 6.92 Å². The molecule has 0 saturated heterocycles. The zero-order chi connectivity index (χ0) is 71.9. The number of benzene rings is 6. The SMILES string of the molecule is C.C.C.C.C.C.C.C.C.C.C.C.C.C.C.C.C.C.C.C.C.C.C.C.C.C.CC(COCC(COCC(C)OCCOC(=O)c1ccc(N)cc1)OCC(C)OCCOC(=O)c1ccc(N)cc1)OCCOC(=O)c1ccc(N)cc1.Cc1ccc(C(=O)OC(C)COC(COCC(C)OC(=O)c2ccc(N)cc2)COCC(C)OC(=O)c2ccc(N)cc2)cc1. The third kappa shape index (κ3) is 72.6. The minimum Gasteiger partial charge on any atom is -0.460 e. The predicted molar refractivity (Wildman–Crippen MR) is 545 cm³/mol. The van der Waals surface area contributed by atoms with Crippen LogP contribution in [0.15, 0.2) is 146 Å². The van der Waals surface area contributed by atoms with Crippen molar-refractivity contribution in [1.82, 2.24) is 0 Å². The molecule has 0 aliphatic heterocycles. The van der Waals surface area contributed by atoms with Crippen LogP contribution in [-0.4, -0.2) is 190 Å². The zero-order valence-electron chi connectivity index (χ0n) is 57.2. The molecule has 0 aliphatic rings. The molecule has 6 aromatic rings. The molecule has 0 aromatic heterocycles. The van der Waals surface area contributed by atoms with Gasteiger partial charge in [-0.1, -0.05) is 211 Å². The molecular weight excluding hydrogens is 1600 g/mol. The summed E-state index contributed by atoms with van der Waals surface area (Å²) in [5.74, 6) is -2.83. The van der Waals surface area contributed by atoms with Crippen LogP contribution in [0.1, 0.15) is 302 Å². The van der Waals surface area contributed by atoms with Gasteiger partial charge in [0.15, 0.2) is 0 Å². The lowest BCUT2D eigenvalue weighted by molar-refractivity contribution is -0.111. The number of nitrogens with two attached hydrogens (primary N) is 5. The average Bonchev–Trinajstić information content (AvgIpc) is 0.972. The maximum atomic E-state index is 12.5. The molecule has 6 unspecified atom stereocenters. The van der Waals surface area contributed by atoms with Gasteiger partial charge in [-0.25, -0.2) is 28.8 Å². The van der Waals surface area contributed by atoms with Crippen molar-refractivity contribution in [2.24, 2.45) is 0 Å². The summed E-state index contributed by atoms with van der Waals surface area (Å²) >= 11 is 0. The van der Waals surface area contributed by atoms with E-state index in [0.29, 0.717) is 61.8 Å².